The van der Waals surface area contributed by atoms with Crippen molar-refractivity contribution in [3.8, 4) is 0 Å². The third-order valence-electron chi connectivity index (χ3n) is 2.87. The zero-order valence-electron chi connectivity index (χ0n) is 11.2. The lowest BCUT2D eigenvalue weighted by atomic mass is 10.1. The van der Waals surface area contributed by atoms with Crippen molar-refractivity contribution in [1.82, 2.24) is 5.32 Å². The van der Waals surface area contributed by atoms with E-state index in [0.29, 0.717) is 6.61 Å². The van der Waals surface area contributed by atoms with Gasteiger partial charge < -0.3 is 14.8 Å². The number of aryl methyl sites for hydroxylation is 2. The van der Waals surface area contributed by atoms with Crippen LogP contribution >= 0.6 is 0 Å². The van der Waals surface area contributed by atoms with E-state index in [9.17, 15) is 0 Å². The minimum absolute atomic E-state index is 0.116. The fraction of sp³-hybridized carbons (Fsp3) is 0.571. The first-order valence-electron chi connectivity index (χ1n) is 5.96. The Hall–Kier alpha value is -0.900. The predicted octanol–water partition coefficient (Wildman–Crippen LogP) is 2.05. The minimum atomic E-state index is 0.116. The first kappa shape index (κ1) is 14.2. The van der Waals surface area contributed by atoms with E-state index in [0.717, 1.165) is 13.1 Å². The van der Waals surface area contributed by atoms with E-state index >= 15 is 0 Å². The number of methoxy groups -OCH3 is 2. The lowest BCUT2D eigenvalue weighted by molar-refractivity contribution is 0.0288. The van der Waals surface area contributed by atoms with Crippen LogP contribution in [0, 0.1) is 13.8 Å². The predicted molar refractivity (Wildman–Crippen MR) is 70.3 cm³/mol. The van der Waals surface area contributed by atoms with Crippen LogP contribution in [0.15, 0.2) is 18.2 Å². The molecule has 1 unspecified atom stereocenters. The Morgan fingerprint density at radius 1 is 1.24 bits per heavy atom. The Bertz CT molecular complexity index is 339. The van der Waals surface area contributed by atoms with Crippen LogP contribution < -0.4 is 5.32 Å². The lowest BCUT2D eigenvalue weighted by Crippen LogP contribution is -2.31. The molecule has 3 heteroatoms. The standard InChI is InChI=1S/C14H23NO2/c1-11-5-6-13(12(2)7-11)8-15-9-14(17-4)10-16-3/h5-7,14-15H,8-10H2,1-4H3. The molecule has 17 heavy (non-hydrogen) atoms. The van der Waals surface area contributed by atoms with Crippen LogP contribution in [-0.2, 0) is 16.0 Å². The maximum Gasteiger partial charge on any atom is 0.0928 e. The van der Waals surface area contributed by atoms with Gasteiger partial charge in [-0.25, -0.2) is 0 Å². The van der Waals surface area contributed by atoms with Gasteiger partial charge in [-0.2, -0.15) is 0 Å². The summed E-state index contributed by atoms with van der Waals surface area (Å²) < 4.78 is 10.4. The van der Waals surface area contributed by atoms with Crippen LogP contribution in [0.3, 0.4) is 0 Å². The molecule has 0 spiro atoms. The van der Waals surface area contributed by atoms with Gasteiger partial charge in [0.05, 0.1) is 12.7 Å². The molecule has 0 radical (unpaired) electrons. The fourth-order valence-electron chi connectivity index (χ4n) is 1.81. The van der Waals surface area contributed by atoms with E-state index in [-0.39, 0.29) is 6.10 Å². The first-order valence-corrected chi connectivity index (χ1v) is 5.96. The van der Waals surface area contributed by atoms with E-state index < -0.39 is 0 Å². The molecule has 0 amide bonds. The van der Waals surface area contributed by atoms with Crippen molar-refractivity contribution in [1.29, 1.82) is 0 Å². The highest BCUT2D eigenvalue weighted by Crippen LogP contribution is 2.10. The Kier molecular flexibility index (Phi) is 6.19. The van der Waals surface area contributed by atoms with Gasteiger partial charge in [-0.05, 0) is 25.0 Å². The molecule has 1 aromatic rings. The maximum atomic E-state index is 5.29. The van der Waals surface area contributed by atoms with Gasteiger partial charge in [-0.3, -0.25) is 0 Å². The minimum Gasteiger partial charge on any atom is -0.382 e. The monoisotopic (exact) mass is 237 g/mol. The van der Waals surface area contributed by atoms with Crippen molar-refractivity contribution in [3.63, 3.8) is 0 Å². The van der Waals surface area contributed by atoms with Gasteiger partial charge in [0.25, 0.3) is 0 Å². The number of hydrogen-bond donors (Lipinski definition) is 1. The first-order chi connectivity index (χ1) is 8.17. The normalized spacial score (nSPS) is 12.7. The van der Waals surface area contributed by atoms with E-state index in [1.165, 1.54) is 16.7 Å². The summed E-state index contributed by atoms with van der Waals surface area (Å²) in [7, 11) is 3.40. The van der Waals surface area contributed by atoms with Crippen molar-refractivity contribution >= 4 is 0 Å². The Morgan fingerprint density at radius 3 is 2.59 bits per heavy atom. The molecule has 0 aliphatic heterocycles. The van der Waals surface area contributed by atoms with Gasteiger partial charge in [0, 0.05) is 27.3 Å². The molecule has 0 bridgehead atoms. The maximum absolute atomic E-state index is 5.29. The number of rotatable bonds is 7. The second-order valence-electron chi connectivity index (χ2n) is 4.37. The molecular weight excluding hydrogens is 214 g/mol. The number of benzene rings is 1. The molecule has 1 rings (SSSR count). The van der Waals surface area contributed by atoms with Crippen LogP contribution in [0.2, 0.25) is 0 Å². The van der Waals surface area contributed by atoms with Gasteiger partial charge in [0.2, 0.25) is 0 Å². The van der Waals surface area contributed by atoms with Gasteiger partial charge in [0.1, 0.15) is 0 Å². The quantitative estimate of drug-likeness (QED) is 0.787. The van der Waals surface area contributed by atoms with E-state index in [1.807, 2.05) is 0 Å². The van der Waals surface area contributed by atoms with Crippen molar-refractivity contribution in [2.45, 2.75) is 26.5 Å². The second-order valence-corrected chi connectivity index (χ2v) is 4.37. The molecule has 0 aromatic heterocycles. The van der Waals surface area contributed by atoms with Crippen molar-refractivity contribution < 1.29 is 9.47 Å². The summed E-state index contributed by atoms with van der Waals surface area (Å²) in [5, 5.41) is 3.39. The zero-order chi connectivity index (χ0) is 12.7. The summed E-state index contributed by atoms with van der Waals surface area (Å²) in [6, 6.07) is 6.53. The Labute approximate surface area is 104 Å². The summed E-state index contributed by atoms with van der Waals surface area (Å²) >= 11 is 0. The lowest BCUT2D eigenvalue weighted by Gasteiger charge is -2.15. The van der Waals surface area contributed by atoms with Crippen LogP contribution in [0.4, 0.5) is 0 Å². The van der Waals surface area contributed by atoms with Gasteiger partial charge in [-0.15, -0.1) is 0 Å². The number of nitrogens with one attached hydrogen (secondary N) is 1. The molecule has 0 aliphatic rings. The number of hydrogen-bond acceptors (Lipinski definition) is 3. The highest BCUT2D eigenvalue weighted by Gasteiger charge is 2.06. The third kappa shape index (κ3) is 4.86. The average molecular weight is 237 g/mol. The molecule has 0 saturated carbocycles. The van der Waals surface area contributed by atoms with Crippen molar-refractivity contribution in [2.75, 3.05) is 27.4 Å². The molecular formula is C14H23NO2. The van der Waals surface area contributed by atoms with Crippen LogP contribution in [0.25, 0.3) is 0 Å². The molecule has 0 aliphatic carbocycles. The molecule has 96 valence electrons. The van der Waals surface area contributed by atoms with Crippen LogP contribution in [0.5, 0.6) is 0 Å². The average Bonchev–Trinajstić information content (AvgIpc) is 2.30. The van der Waals surface area contributed by atoms with Crippen molar-refractivity contribution in [3.05, 3.63) is 34.9 Å². The topological polar surface area (TPSA) is 30.5 Å². The SMILES string of the molecule is COCC(CNCc1ccc(C)cc1C)OC. The van der Waals surface area contributed by atoms with E-state index in [1.54, 1.807) is 14.2 Å². The Balaban J connectivity index is 2.39. The highest BCUT2D eigenvalue weighted by atomic mass is 16.5. The summed E-state index contributed by atoms with van der Waals surface area (Å²) in [6.45, 7) is 6.56. The summed E-state index contributed by atoms with van der Waals surface area (Å²) in [4.78, 5) is 0. The van der Waals surface area contributed by atoms with Gasteiger partial charge >= 0.3 is 0 Å². The molecule has 1 aromatic carbocycles. The van der Waals surface area contributed by atoms with Gasteiger partial charge in [0.15, 0.2) is 0 Å². The van der Waals surface area contributed by atoms with E-state index in [4.69, 9.17) is 9.47 Å². The molecule has 3 nitrogen and oxygen atoms in total. The van der Waals surface area contributed by atoms with Crippen LogP contribution in [0.1, 0.15) is 16.7 Å². The van der Waals surface area contributed by atoms with Crippen LogP contribution in [-0.4, -0.2) is 33.5 Å². The fourth-order valence-corrected chi connectivity index (χ4v) is 1.81. The van der Waals surface area contributed by atoms with Crippen molar-refractivity contribution in [2.24, 2.45) is 0 Å². The largest absolute Gasteiger partial charge is 0.382 e. The van der Waals surface area contributed by atoms with E-state index in [2.05, 4.69) is 37.4 Å². The molecule has 1 atom stereocenters. The molecule has 0 heterocycles. The molecule has 0 fully saturated rings. The summed E-state index contributed by atoms with van der Waals surface area (Å²) in [6.07, 6.45) is 0.116. The zero-order valence-corrected chi connectivity index (χ0v) is 11.2. The third-order valence-corrected chi connectivity index (χ3v) is 2.87. The number of ether oxygens (including phenoxy) is 2. The summed E-state index contributed by atoms with van der Waals surface area (Å²) in [5.41, 5.74) is 3.97. The second kappa shape index (κ2) is 7.43. The smallest absolute Gasteiger partial charge is 0.0928 e. The molecule has 0 saturated heterocycles. The molecule has 1 N–H and O–H groups in total. The highest BCUT2D eigenvalue weighted by molar-refractivity contribution is 5.30. The summed E-state index contributed by atoms with van der Waals surface area (Å²) in [5.74, 6) is 0. The van der Waals surface area contributed by atoms with Gasteiger partial charge in [-0.1, -0.05) is 23.8 Å². The Morgan fingerprint density at radius 2 is 2.00 bits per heavy atom.